The molecule has 0 aromatic heterocycles. The molecule has 1 aliphatic heterocycles. The van der Waals surface area contributed by atoms with Gasteiger partial charge in [-0.2, -0.15) is 0 Å². The number of piperazine rings is 1. The Morgan fingerprint density at radius 1 is 1.62 bits per heavy atom. The molecule has 1 fully saturated rings. The van der Waals surface area contributed by atoms with E-state index in [2.05, 4.69) is 16.0 Å². The van der Waals surface area contributed by atoms with E-state index in [1.165, 1.54) is 0 Å². The SMILES string of the molecule is CCNC(=O)C[C@@H]1NCCNC1=O. The Morgan fingerprint density at radius 3 is 3.00 bits per heavy atom. The van der Waals surface area contributed by atoms with Crippen molar-refractivity contribution in [2.24, 2.45) is 0 Å². The topological polar surface area (TPSA) is 70.2 Å². The molecule has 1 aliphatic rings. The highest BCUT2D eigenvalue weighted by atomic mass is 16.2. The van der Waals surface area contributed by atoms with E-state index >= 15 is 0 Å². The van der Waals surface area contributed by atoms with Crippen molar-refractivity contribution >= 4 is 11.8 Å². The highest BCUT2D eigenvalue weighted by Crippen LogP contribution is 1.95. The van der Waals surface area contributed by atoms with Crippen LogP contribution in [0.25, 0.3) is 0 Å². The molecule has 74 valence electrons. The van der Waals surface area contributed by atoms with Gasteiger partial charge >= 0.3 is 0 Å². The predicted molar refractivity (Wildman–Crippen MR) is 48.1 cm³/mol. The van der Waals surface area contributed by atoms with E-state index in [0.29, 0.717) is 13.1 Å². The Balaban J connectivity index is 2.33. The summed E-state index contributed by atoms with van der Waals surface area (Å²) < 4.78 is 0. The first-order valence-electron chi connectivity index (χ1n) is 4.52. The van der Waals surface area contributed by atoms with Gasteiger partial charge in [-0.3, -0.25) is 9.59 Å². The second-order valence-corrected chi connectivity index (χ2v) is 2.96. The molecule has 0 aromatic carbocycles. The standard InChI is InChI=1S/C8H15N3O2/c1-2-9-7(12)5-6-8(13)11-4-3-10-6/h6,10H,2-5H2,1H3,(H,9,12)(H,11,13)/t6-/m0/s1. The minimum absolute atomic E-state index is 0.0856. The van der Waals surface area contributed by atoms with Gasteiger partial charge < -0.3 is 16.0 Å². The van der Waals surface area contributed by atoms with Crippen LogP contribution in [0.5, 0.6) is 0 Å². The molecule has 1 saturated heterocycles. The van der Waals surface area contributed by atoms with Gasteiger partial charge in [0.1, 0.15) is 0 Å². The van der Waals surface area contributed by atoms with Crippen LogP contribution >= 0.6 is 0 Å². The normalized spacial score (nSPS) is 22.2. The van der Waals surface area contributed by atoms with Crippen LogP contribution in [-0.4, -0.2) is 37.5 Å². The lowest BCUT2D eigenvalue weighted by molar-refractivity contribution is -0.129. The van der Waals surface area contributed by atoms with Gasteiger partial charge in [-0.15, -0.1) is 0 Å². The monoisotopic (exact) mass is 185 g/mol. The van der Waals surface area contributed by atoms with Gasteiger partial charge in [0.25, 0.3) is 0 Å². The van der Waals surface area contributed by atoms with E-state index in [4.69, 9.17) is 0 Å². The van der Waals surface area contributed by atoms with Gasteiger partial charge in [0.2, 0.25) is 11.8 Å². The molecule has 5 heteroatoms. The molecule has 0 bridgehead atoms. The molecule has 0 aromatic rings. The van der Waals surface area contributed by atoms with Crippen LogP contribution < -0.4 is 16.0 Å². The zero-order valence-electron chi connectivity index (χ0n) is 7.72. The first-order valence-corrected chi connectivity index (χ1v) is 4.52. The van der Waals surface area contributed by atoms with Crippen molar-refractivity contribution in [3.05, 3.63) is 0 Å². The molecule has 3 N–H and O–H groups in total. The number of nitrogens with one attached hydrogen (secondary N) is 3. The smallest absolute Gasteiger partial charge is 0.237 e. The molecule has 2 amide bonds. The predicted octanol–water partition coefficient (Wildman–Crippen LogP) is -1.40. The second-order valence-electron chi connectivity index (χ2n) is 2.96. The third-order valence-corrected chi connectivity index (χ3v) is 1.89. The number of carbonyl (C=O) groups excluding carboxylic acids is 2. The van der Waals surface area contributed by atoms with E-state index in [-0.39, 0.29) is 24.3 Å². The lowest BCUT2D eigenvalue weighted by atomic mass is 10.1. The highest BCUT2D eigenvalue weighted by molar-refractivity contribution is 5.88. The van der Waals surface area contributed by atoms with Crippen molar-refractivity contribution in [1.82, 2.24) is 16.0 Å². The Hall–Kier alpha value is -1.10. The summed E-state index contributed by atoms with van der Waals surface area (Å²) >= 11 is 0. The quantitative estimate of drug-likeness (QED) is 0.506. The van der Waals surface area contributed by atoms with E-state index in [1.54, 1.807) is 0 Å². The summed E-state index contributed by atoms with van der Waals surface area (Å²) in [5.74, 6) is -0.172. The van der Waals surface area contributed by atoms with Crippen molar-refractivity contribution in [3.63, 3.8) is 0 Å². The van der Waals surface area contributed by atoms with E-state index < -0.39 is 0 Å². The summed E-state index contributed by atoms with van der Waals surface area (Å²) in [6.45, 7) is 3.83. The summed E-state index contributed by atoms with van der Waals surface area (Å²) in [5.41, 5.74) is 0. The molecule has 0 spiro atoms. The first kappa shape index (κ1) is 9.98. The van der Waals surface area contributed by atoms with Crippen LogP contribution in [-0.2, 0) is 9.59 Å². The van der Waals surface area contributed by atoms with Crippen LogP contribution in [0, 0.1) is 0 Å². The fraction of sp³-hybridized carbons (Fsp3) is 0.750. The Kier molecular flexibility index (Phi) is 3.70. The maximum atomic E-state index is 11.2. The Bertz CT molecular complexity index is 206. The fourth-order valence-corrected chi connectivity index (χ4v) is 1.27. The molecular weight excluding hydrogens is 170 g/mol. The van der Waals surface area contributed by atoms with E-state index in [0.717, 1.165) is 6.54 Å². The van der Waals surface area contributed by atoms with Crippen molar-refractivity contribution in [2.45, 2.75) is 19.4 Å². The zero-order chi connectivity index (χ0) is 9.68. The van der Waals surface area contributed by atoms with E-state index in [1.807, 2.05) is 6.92 Å². The molecule has 13 heavy (non-hydrogen) atoms. The average molecular weight is 185 g/mol. The van der Waals surface area contributed by atoms with Crippen molar-refractivity contribution < 1.29 is 9.59 Å². The first-order chi connectivity index (χ1) is 6.24. The highest BCUT2D eigenvalue weighted by Gasteiger charge is 2.23. The van der Waals surface area contributed by atoms with Crippen LogP contribution in [0.3, 0.4) is 0 Å². The molecular formula is C8H15N3O2. The second kappa shape index (κ2) is 4.81. The largest absolute Gasteiger partial charge is 0.356 e. The number of rotatable bonds is 3. The summed E-state index contributed by atoms with van der Waals surface area (Å²) in [6, 6.07) is -0.361. The number of hydrogen-bond donors (Lipinski definition) is 3. The van der Waals surface area contributed by atoms with Gasteiger partial charge in [0, 0.05) is 19.6 Å². The van der Waals surface area contributed by atoms with Crippen molar-refractivity contribution in [2.75, 3.05) is 19.6 Å². The number of carbonyl (C=O) groups is 2. The summed E-state index contributed by atoms with van der Waals surface area (Å²) in [7, 11) is 0. The lowest BCUT2D eigenvalue weighted by Gasteiger charge is -2.22. The molecule has 5 nitrogen and oxygen atoms in total. The minimum atomic E-state index is -0.361. The summed E-state index contributed by atoms with van der Waals surface area (Å²) in [5, 5.41) is 8.34. The molecule has 0 radical (unpaired) electrons. The van der Waals surface area contributed by atoms with Gasteiger partial charge in [0.15, 0.2) is 0 Å². The lowest BCUT2D eigenvalue weighted by Crippen LogP contribution is -2.54. The number of hydrogen-bond acceptors (Lipinski definition) is 3. The maximum Gasteiger partial charge on any atom is 0.237 e. The van der Waals surface area contributed by atoms with Crippen LogP contribution in [0.2, 0.25) is 0 Å². The minimum Gasteiger partial charge on any atom is -0.356 e. The molecule has 1 atom stereocenters. The maximum absolute atomic E-state index is 11.2. The van der Waals surface area contributed by atoms with Crippen molar-refractivity contribution in [1.29, 1.82) is 0 Å². The molecule has 0 unspecified atom stereocenters. The van der Waals surface area contributed by atoms with Gasteiger partial charge in [-0.1, -0.05) is 0 Å². The Morgan fingerprint density at radius 2 is 2.38 bits per heavy atom. The molecule has 0 saturated carbocycles. The van der Waals surface area contributed by atoms with Crippen molar-refractivity contribution in [3.8, 4) is 0 Å². The van der Waals surface area contributed by atoms with Crippen LogP contribution in [0.1, 0.15) is 13.3 Å². The third-order valence-electron chi connectivity index (χ3n) is 1.89. The molecule has 0 aliphatic carbocycles. The third kappa shape index (κ3) is 3.02. The molecule has 1 rings (SSSR count). The van der Waals surface area contributed by atoms with E-state index in [9.17, 15) is 9.59 Å². The van der Waals surface area contributed by atoms with Gasteiger partial charge in [0.05, 0.1) is 12.5 Å². The van der Waals surface area contributed by atoms with Gasteiger partial charge in [-0.25, -0.2) is 0 Å². The Labute approximate surface area is 77.3 Å². The summed E-state index contributed by atoms with van der Waals surface area (Å²) in [6.07, 6.45) is 0.222. The van der Waals surface area contributed by atoms with Gasteiger partial charge in [-0.05, 0) is 6.92 Å². The zero-order valence-corrected chi connectivity index (χ0v) is 7.72. The summed E-state index contributed by atoms with van der Waals surface area (Å²) in [4.78, 5) is 22.3. The molecule has 1 heterocycles. The number of amides is 2. The van der Waals surface area contributed by atoms with Crippen LogP contribution in [0.15, 0.2) is 0 Å². The van der Waals surface area contributed by atoms with Crippen LogP contribution in [0.4, 0.5) is 0 Å². The average Bonchev–Trinajstić information content (AvgIpc) is 2.09. The fourth-order valence-electron chi connectivity index (χ4n) is 1.27.